The molecule has 19 heavy (non-hydrogen) atoms. The van der Waals surface area contributed by atoms with Crippen molar-refractivity contribution in [2.75, 3.05) is 33.5 Å². The van der Waals surface area contributed by atoms with Crippen LogP contribution in [0.15, 0.2) is 0 Å². The van der Waals surface area contributed by atoms with Gasteiger partial charge >= 0.3 is 18.3 Å². The maximum absolute atomic E-state index is 10.6. The third-order valence-electron chi connectivity index (χ3n) is 2.01. The van der Waals surface area contributed by atoms with E-state index in [2.05, 4.69) is 14.2 Å². The summed E-state index contributed by atoms with van der Waals surface area (Å²) in [5, 5.41) is 0. The minimum absolute atomic E-state index is 0.0547. The summed E-state index contributed by atoms with van der Waals surface area (Å²) in [6.07, 6.45) is -3.13. The number of nitrogens with two attached hydrogens (primary N) is 3. The summed E-state index contributed by atoms with van der Waals surface area (Å²) >= 11 is 0. The zero-order valence-corrected chi connectivity index (χ0v) is 10.4. The molecule has 3 amide bonds. The van der Waals surface area contributed by atoms with Crippen LogP contribution >= 0.6 is 0 Å². The third kappa shape index (κ3) is 7.65. The Bertz CT molecular complexity index is 288. The molecule has 0 unspecified atom stereocenters. The summed E-state index contributed by atoms with van der Waals surface area (Å²) in [4.78, 5) is 31.9. The lowest BCUT2D eigenvalue weighted by Gasteiger charge is -2.30. The average Bonchev–Trinajstić information content (AvgIpc) is 2.31. The Balaban J connectivity index is 4.79. The van der Waals surface area contributed by atoms with Crippen LogP contribution in [0.4, 0.5) is 14.4 Å². The van der Waals surface area contributed by atoms with Gasteiger partial charge in [0, 0.05) is 7.11 Å². The molecule has 110 valence electrons. The van der Waals surface area contributed by atoms with Crippen molar-refractivity contribution in [3.63, 3.8) is 0 Å². The van der Waals surface area contributed by atoms with E-state index < -0.39 is 23.7 Å². The molecule has 0 atom stereocenters. The molecule has 0 saturated heterocycles. The Kier molecular flexibility index (Phi) is 7.04. The SMILES string of the molecule is COCC(COC(N)=O)(COC(N)=O)COC(N)=O. The van der Waals surface area contributed by atoms with E-state index in [0.717, 1.165) is 0 Å². The molecule has 10 nitrogen and oxygen atoms in total. The van der Waals surface area contributed by atoms with E-state index in [1.165, 1.54) is 7.11 Å². The summed E-state index contributed by atoms with van der Waals surface area (Å²) < 4.78 is 18.8. The summed E-state index contributed by atoms with van der Waals surface area (Å²) in [6.45, 7) is -0.981. The molecule has 0 aliphatic heterocycles. The van der Waals surface area contributed by atoms with Crippen molar-refractivity contribution in [2.45, 2.75) is 0 Å². The lowest BCUT2D eigenvalue weighted by Crippen LogP contribution is -2.44. The second-order valence-electron chi connectivity index (χ2n) is 3.76. The molecule has 0 aliphatic carbocycles. The Hall–Kier alpha value is -2.23. The fourth-order valence-corrected chi connectivity index (χ4v) is 1.23. The summed E-state index contributed by atoms with van der Waals surface area (Å²) in [7, 11) is 1.35. The van der Waals surface area contributed by atoms with Crippen LogP contribution in [0, 0.1) is 5.41 Å². The van der Waals surface area contributed by atoms with Crippen LogP contribution in [0.3, 0.4) is 0 Å². The Morgan fingerprint density at radius 2 is 1.11 bits per heavy atom. The second kappa shape index (κ2) is 7.97. The van der Waals surface area contributed by atoms with Crippen molar-refractivity contribution in [3.05, 3.63) is 0 Å². The third-order valence-corrected chi connectivity index (χ3v) is 2.01. The van der Waals surface area contributed by atoms with Crippen LogP contribution in [0.2, 0.25) is 0 Å². The molecule has 0 spiro atoms. The maximum Gasteiger partial charge on any atom is 0.404 e. The van der Waals surface area contributed by atoms with Gasteiger partial charge in [-0.15, -0.1) is 0 Å². The number of amides is 3. The monoisotopic (exact) mass is 279 g/mol. The van der Waals surface area contributed by atoms with Gasteiger partial charge in [-0.25, -0.2) is 14.4 Å². The number of hydrogen-bond acceptors (Lipinski definition) is 7. The number of carbonyl (C=O) groups excluding carboxylic acids is 3. The van der Waals surface area contributed by atoms with Crippen LogP contribution in [0.1, 0.15) is 0 Å². The smallest absolute Gasteiger partial charge is 0.404 e. The molecule has 0 radical (unpaired) electrons. The van der Waals surface area contributed by atoms with E-state index in [-0.39, 0.29) is 26.4 Å². The van der Waals surface area contributed by atoms with E-state index in [4.69, 9.17) is 21.9 Å². The number of methoxy groups -OCH3 is 1. The molecular formula is C9H17N3O7. The Labute approximate surface area is 109 Å². The number of carbonyl (C=O) groups is 3. The largest absolute Gasteiger partial charge is 0.449 e. The van der Waals surface area contributed by atoms with Crippen molar-refractivity contribution >= 4 is 18.3 Å². The summed E-state index contributed by atoms with van der Waals surface area (Å²) in [5.41, 5.74) is 13.4. The first-order chi connectivity index (χ1) is 8.81. The van der Waals surface area contributed by atoms with E-state index >= 15 is 0 Å². The first kappa shape index (κ1) is 16.8. The molecule has 10 heteroatoms. The van der Waals surface area contributed by atoms with Gasteiger partial charge in [-0.05, 0) is 0 Å². The van der Waals surface area contributed by atoms with Crippen LogP contribution in [-0.4, -0.2) is 51.8 Å². The molecule has 0 heterocycles. The van der Waals surface area contributed by atoms with Gasteiger partial charge in [0.1, 0.15) is 19.8 Å². The van der Waals surface area contributed by atoms with Gasteiger partial charge in [0.15, 0.2) is 0 Å². The molecule has 0 aromatic heterocycles. The molecule has 0 aliphatic rings. The van der Waals surface area contributed by atoms with Crippen molar-refractivity contribution in [2.24, 2.45) is 22.6 Å². The Morgan fingerprint density at radius 3 is 1.32 bits per heavy atom. The maximum atomic E-state index is 10.6. The number of ether oxygens (including phenoxy) is 4. The average molecular weight is 279 g/mol. The first-order valence-corrected chi connectivity index (χ1v) is 5.07. The molecule has 0 rings (SSSR count). The lowest BCUT2D eigenvalue weighted by molar-refractivity contribution is -0.0527. The van der Waals surface area contributed by atoms with Crippen molar-refractivity contribution in [3.8, 4) is 0 Å². The van der Waals surface area contributed by atoms with Crippen molar-refractivity contribution < 1.29 is 33.3 Å². The molecule has 0 bridgehead atoms. The van der Waals surface area contributed by atoms with Gasteiger partial charge in [-0.3, -0.25) is 0 Å². The lowest BCUT2D eigenvalue weighted by atomic mass is 9.92. The topological polar surface area (TPSA) is 166 Å². The fraction of sp³-hybridized carbons (Fsp3) is 0.667. The van der Waals surface area contributed by atoms with Gasteiger partial charge in [-0.2, -0.15) is 0 Å². The van der Waals surface area contributed by atoms with Crippen LogP contribution in [0.5, 0.6) is 0 Å². The van der Waals surface area contributed by atoms with E-state index in [1.807, 2.05) is 0 Å². The predicted molar refractivity (Wildman–Crippen MR) is 60.9 cm³/mol. The molecule has 0 aromatic rings. The summed E-state index contributed by atoms with van der Waals surface area (Å²) in [6, 6.07) is 0. The zero-order valence-electron chi connectivity index (χ0n) is 10.4. The minimum atomic E-state index is -1.14. The number of hydrogen-bond donors (Lipinski definition) is 3. The van der Waals surface area contributed by atoms with Crippen LogP contribution in [-0.2, 0) is 18.9 Å². The van der Waals surface area contributed by atoms with E-state index in [9.17, 15) is 14.4 Å². The second-order valence-corrected chi connectivity index (χ2v) is 3.76. The molecule has 0 fully saturated rings. The van der Waals surface area contributed by atoms with E-state index in [0.29, 0.717) is 0 Å². The Morgan fingerprint density at radius 1 is 0.789 bits per heavy atom. The standard InChI is InChI=1S/C9H17N3O7/c1-16-2-9(3-17-6(10)13,4-18-7(11)14)5-19-8(12)15/h2-5H2,1H3,(H2,10,13)(H2,11,14)(H2,12,15). The fourth-order valence-electron chi connectivity index (χ4n) is 1.23. The van der Waals surface area contributed by atoms with Crippen LogP contribution < -0.4 is 17.2 Å². The number of rotatable bonds is 8. The highest BCUT2D eigenvalue weighted by Gasteiger charge is 2.35. The minimum Gasteiger partial charge on any atom is -0.449 e. The van der Waals surface area contributed by atoms with Crippen molar-refractivity contribution in [1.82, 2.24) is 0 Å². The van der Waals surface area contributed by atoms with Gasteiger partial charge < -0.3 is 36.1 Å². The predicted octanol–water partition coefficient (Wildman–Crippen LogP) is -1.09. The zero-order chi connectivity index (χ0) is 14.9. The normalized spacial score (nSPS) is 10.6. The molecule has 6 N–H and O–H groups in total. The van der Waals surface area contributed by atoms with Crippen molar-refractivity contribution in [1.29, 1.82) is 0 Å². The first-order valence-electron chi connectivity index (χ1n) is 5.07. The van der Waals surface area contributed by atoms with E-state index in [1.54, 1.807) is 0 Å². The van der Waals surface area contributed by atoms with Gasteiger partial charge in [0.05, 0.1) is 12.0 Å². The molecule has 0 aromatic carbocycles. The van der Waals surface area contributed by atoms with Crippen LogP contribution in [0.25, 0.3) is 0 Å². The highest BCUT2D eigenvalue weighted by atomic mass is 16.6. The van der Waals surface area contributed by atoms with Gasteiger partial charge in [-0.1, -0.05) is 0 Å². The quantitative estimate of drug-likeness (QED) is 0.474. The highest BCUT2D eigenvalue weighted by Crippen LogP contribution is 2.20. The number of primary amides is 3. The molecule has 0 saturated carbocycles. The van der Waals surface area contributed by atoms with Gasteiger partial charge in [0.2, 0.25) is 0 Å². The van der Waals surface area contributed by atoms with Gasteiger partial charge in [0.25, 0.3) is 0 Å². The summed E-state index contributed by atoms with van der Waals surface area (Å²) in [5.74, 6) is 0. The highest BCUT2D eigenvalue weighted by molar-refractivity contribution is 5.65. The molecular weight excluding hydrogens is 262 g/mol.